The average molecular weight is 307 g/mol. The number of benzene rings is 1. The molecule has 1 rings (SSSR count). The van der Waals surface area contributed by atoms with Gasteiger partial charge in [-0.15, -0.1) is 4.99 Å². The third-order valence-electron chi connectivity index (χ3n) is 3.82. The first-order valence-electron chi connectivity index (χ1n) is 9.03. The van der Waals surface area contributed by atoms with Crippen LogP contribution in [0.3, 0.4) is 0 Å². The molecule has 0 fully saturated rings. The lowest BCUT2D eigenvalue weighted by molar-refractivity contribution is -0.273. The summed E-state index contributed by atoms with van der Waals surface area (Å²) in [6.45, 7) is 2.92. The zero-order valence-electron chi connectivity index (χ0n) is 14.2. The highest BCUT2D eigenvalue weighted by atomic mass is 17.3. The molecule has 3 heteroatoms. The summed E-state index contributed by atoms with van der Waals surface area (Å²) in [5.74, 6) is 0. The predicted octanol–water partition coefficient (Wildman–Crippen LogP) is 6.27. The molecule has 1 aromatic rings. The summed E-state index contributed by atoms with van der Waals surface area (Å²) in [5, 5.41) is 0. The van der Waals surface area contributed by atoms with Crippen molar-refractivity contribution in [3.05, 3.63) is 30.3 Å². The Morgan fingerprint density at radius 2 is 1.27 bits per heavy atom. The second-order valence-corrected chi connectivity index (χ2v) is 5.91. The van der Waals surface area contributed by atoms with E-state index in [9.17, 15) is 0 Å². The molecular formula is C19H33NO2. The lowest BCUT2D eigenvalue weighted by Crippen LogP contribution is -2.03. The minimum atomic E-state index is 0.650. The van der Waals surface area contributed by atoms with Crippen molar-refractivity contribution >= 4 is 5.69 Å². The van der Waals surface area contributed by atoms with Gasteiger partial charge < -0.3 is 0 Å². The Balaban J connectivity index is 1.73. The van der Waals surface area contributed by atoms with E-state index in [0.717, 1.165) is 12.1 Å². The van der Waals surface area contributed by atoms with Gasteiger partial charge in [0.15, 0.2) is 0 Å². The molecule has 0 atom stereocenters. The van der Waals surface area contributed by atoms with Gasteiger partial charge in [0, 0.05) is 0 Å². The van der Waals surface area contributed by atoms with Crippen molar-refractivity contribution in [3.8, 4) is 0 Å². The minimum absolute atomic E-state index is 0.650. The van der Waals surface area contributed by atoms with Crippen molar-refractivity contribution in [3.63, 3.8) is 0 Å². The van der Waals surface area contributed by atoms with Crippen molar-refractivity contribution in [2.45, 2.75) is 77.6 Å². The third-order valence-corrected chi connectivity index (χ3v) is 3.82. The molecule has 0 bridgehead atoms. The molecule has 126 valence electrons. The van der Waals surface area contributed by atoms with Gasteiger partial charge in [-0.3, -0.25) is 0 Å². The van der Waals surface area contributed by atoms with Gasteiger partial charge in [-0.25, -0.2) is 10.4 Å². The molecule has 0 unspecified atom stereocenters. The van der Waals surface area contributed by atoms with Crippen LogP contribution in [0.1, 0.15) is 77.6 Å². The SMILES string of the molecule is CCCCCCCCCCCCCOONc1ccccc1. The Morgan fingerprint density at radius 3 is 1.86 bits per heavy atom. The Hall–Kier alpha value is -1.06. The monoisotopic (exact) mass is 307 g/mol. The summed E-state index contributed by atoms with van der Waals surface area (Å²) in [4.78, 5) is 10.1. The zero-order valence-corrected chi connectivity index (χ0v) is 14.2. The lowest BCUT2D eigenvalue weighted by atomic mass is 10.1. The Kier molecular flexibility index (Phi) is 12.8. The van der Waals surface area contributed by atoms with E-state index in [4.69, 9.17) is 9.88 Å². The van der Waals surface area contributed by atoms with E-state index < -0.39 is 0 Å². The van der Waals surface area contributed by atoms with E-state index in [2.05, 4.69) is 12.4 Å². The van der Waals surface area contributed by atoms with Gasteiger partial charge in [-0.05, 0) is 18.6 Å². The molecular weight excluding hydrogens is 274 g/mol. The van der Waals surface area contributed by atoms with Crippen molar-refractivity contribution in [1.82, 2.24) is 0 Å². The maximum Gasteiger partial charge on any atom is 0.0847 e. The molecule has 0 spiro atoms. The predicted molar refractivity (Wildman–Crippen MR) is 93.6 cm³/mol. The molecule has 0 aliphatic carbocycles. The van der Waals surface area contributed by atoms with E-state index in [1.807, 2.05) is 30.3 Å². The van der Waals surface area contributed by atoms with E-state index in [0.29, 0.717) is 6.61 Å². The Bertz CT molecular complexity index is 329. The third kappa shape index (κ3) is 11.6. The first-order valence-corrected chi connectivity index (χ1v) is 9.03. The molecule has 22 heavy (non-hydrogen) atoms. The van der Waals surface area contributed by atoms with Gasteiger partial charge in [0.1, 0.15) is 0 Å². The summed E-state index contributed by atoms with van der Waals surface area (Å²) in [7, 11) is 0. The number of rotatable bonds is 15. The zero-order chi connectivity index (χ0) is 15.7. The number of anilines is 1. The van der Waals surface area contributed by atoms with E-state index in [1.165, 1.54) is 64.2 Å². The quantitative estimate of drug-likeness (QED) is 0.235. The highest BCUT2D eigenvalue weighted by molar-refractivity contribution is 5.39. The average Bonchev–Trinajstić information content (AvgIpc) is 2.56. The van der Waals surface area contributed by atoms with Gasteiger partial charge in [0.05, 0.1) is 12.3 Å². The van der Waals surface area contributed by atoms with E-state index >= 15 is 0 Å². The minimum Gasteiger partial charge on any atom is -0.235 e. The highest BCUT2D eigenvalue weighted by Crippen LogP contribution is 2.11. The number of hydrogen-bond donors (Lipinski definition) is 1. The van der Waals surface area contributed by atoms with Crippen LogP contribution in [-0.2, 0) is 9.88 Å². The molecule has 1 aromatic carbocycles. The maximum absolute atomic E-state index is 5.11. The normalized spacial score (nSPS) is 10.8. The molecule has 3 nitrogen and oxygen atoms in total. The molecule has 0 aromatic heterocycles. The molecule has 1 N–H and O–H groups in total. The van der Waals surface area contributed by atoms with Crippen LogP contribution in [0.4, 0.5) is 5.69 Å². The second-order valence-electron chi connectivity index (χ2n) is 5.91. The van der Waals surface area contributed by atoms with Crippen molar-refractivity contribution in [2.75, 3.05) is 12.1 Å². The van der Waals surface area contributed by atoms with Crippen LogP contribution in [0.15, 0.2) is 30.3 Å². The summed E-state index contributed by atoms with van der Waals surface area (Å²) >= 11 is 0. The molecule has 0 radical (unpaired) electrons. The van der Waals surface area contributed by atoms with Crippen LogP contribution >= 0.6 is 0 Å². The van der Waals surface area contributed by atoms with Gasteiger partial charge in [0.25, 0.3) is 0 Å². The standard InChI is InChI=1S/C19H33NO2/c1-2-3-4-5-6-7-8-9-10-11-15-18-21-22-20-19-16-13-12-14-17-19/h12-14,16-17,20H,2-11,15,18H2,1H3. The van der Waals surface area contributed by atoms with Crippen LogP contribution in [-0.4, -0.2) is 6.61 Å². The van der Waals surface area contributed by atoms with Gasteiger partial charge in [-0.2, -0.15) is 0 Å². The Morgan fingerprint density at radius 1 is 0.727 bits per heavy atom. The van der Waals surface area contributed by atoms with Gasteiger partial charge >= 0.3 is 0 Å². The maximum atomic E-state index is 5.11. The molecule has 0 heterocycles. The van der Waals surface area contributed by atoms with Crippen molar-refractivity contribution < 1.29 is 9.88 Å². The van der Waals surface area contributed by atoms with E-state index in [1.54, 1.807) is 0 Å². The van der Waals surface area contributed by atoms with E-state index in [-0.39, 0.29) is 0 Å². The summed E-state index contributed by atoms with van der Waals surface area (Å²) < 4.78 is 0. The number of para-hydroxylation sites is 1. The first-order chi connectivity index (χ1) is 10.9. The Labute approximate surface area is 136 Å². The fourth-order valence-corrected chi connectivity index (χ4v) is 2.45. The second kappa shape index (κ2) is 14.9. The van der Waals surface area contributed by atoms with Crippen LogP contribution < -0.4 is 5.48 Å². The summed E-state index contributed by atoms with van der Waals surface area (Å²) in [6.07, 6.45) is 14.8. The topological polar surface area (TPSA) is 30.5 Å². The van der Waals surface area contributed by atoms with Gasteiger partial charge in [0.2, 0.25) is 0 Å². The molecule has 0 saturated carbocycles. The highest BCUT2D eigenvalue weighted by Gasteiger charge is 1.94. The number of hydrogen-bond acceptors (Lipinski definition) is 3. The van der Waals surface area contributed by atoms with Crippen LogP contribution in [0.2, 0.25) is 0 Å². The summed E-state index contributed by atoms with van der Waals surface area (Å²) in [5.41, 5.74) is 3.67. The van der Waals surface area contributed by atoms with Crippen molar-refractivity contribution in [1.29, 1.82) is 0 Å². The fourth-order valence-electron chi connectivity index (χ4n) is 2.45. The van der Waals surface area contributed by atoms with Crippen molar-refractivity contribution in [2.24, 2.45) is 0 Å². The number of unbranched alkanes of at least 4 members (excludes halogenated alkanes) is 10. The molecule has 0 aliphatic heterocycles. The van der Waals surface area contributed by atoms with Crippen LogP contribution in [0, 0.1) is 0 Å². The molecule has 0 aliphatic rings. The van der Waals surface area contributed by atoms with Crippen LogP contribution in [0.25, 0.3) is 0 Å². The number of nitrogens with one attached hydrogen (secondary N) is 1. The summed E-state index contributed by atoms with van der Waals surface area (Å²) in [6, 6.07) is 9.75. The first kappa shape index (κ1) is 19.0. The van der Waals surface area contributed by atoms with Gasteiger partial charge in [-0.1, -0.05) is 89.3 Å². The smallest absolute Gasteiger partial charge is 0.0847 e. The fraction of sp³-hybridized carbons (Fsp3) is 0.684. The largest absolute Gasteiger partial charge is 0.235 e. The van der Waals surface area contributed by atoms with Crippen LogP contribution in [0.5, 0.6) is 0 Å². The lowest BCUT2D eigenvalue weighted by Gasteiger charge is -2.06. The molecule has 0 amide bonds. The molecule has 0 saturated heterocycles.